The van der Waals surface area contributed by atoms with Crippen LogP contribution in [0.3, 0.4) is 0 Å². The van der Waals surface area contributed by atoms with Gasteiger partial charge in [0, 0.05) is 12.1 Å². The fourth-order valence-electron chi connectivity index (χ4n) is 5.23. The van der Waals surface area contributed by atoms with E-state index in [0.29, 0.717) is 23.4 Å². The Kier molecular flexibility index (Phi) is 2.63. The molecule has 4 aliphatic carbocycles. The van der Waals surface area contributed by atoms with Gasteiger partial charge in [-0.3, -0.25) is 4.98 Å². The molecule has 0 aliphatic heterocycles. The minimum atomic E-state index is -0.958. The van der Waals surface area contributed by atoms with Gasteiger partial charge in [0.15, 0.2) is 5.69 Å². The first-order valence-corrected chi connectivity index (χ1v) is 7.68. The Hall–Kier alpha value is -1.45. The van der Waals surface area contributed by atoms with Crippen LogP contribution in [-0.2, 0) is 0 Å². The highest BCUT2D eigenvalue weighted by molar-refractivity contribution is 5.86. The van der Waals surface area contributed by atoms with E-state index in [9.17, 15) is 9.90 Å². The Morgan fingerprint density at radius 3 is 2.30 bits per heavy atom. The summed E-state index contributed by atoms with van der Waals surface area (Å²) >= 11 is 0. The summed E-state index contributed by atoms with van der Waals surface area (Å²) in [7, 11) is 0. The van der Waals surface area contributed by atoms with E-state index in [1.165, 1.54) is 32.1 Å². The van der Waals surface area contributed by atoms with Gasteiger partial charge < -0.3 is 5.11 Å². The van der Waals surface area contributed by atoms with Crippen LogP contribution in [0.1, 0.15) is 59.9 Å². The zero-order valence-corrected chi connectivity index (χ0v) is 11.7. The van der Waals surface area contributed by atoms with Crippen LogP contribution < -0.4 is 0 Å². The number of nitrogens with zero attached hydrogens (tertiary/aromatic N) is 2. The van der Waals surface area contributed by atoms with Crippen LogP contribution in [-0.4, -0.2) is 21.0 Å². The highest BCUT2D eigenvalue weighted by atomic mass is 16.4. The van der Waals surface area contributed by atoms with E-state index < -0.39 is 5.97 Å². The van der Waals surface area contributed by atoms with E-state index in [4.69, 9.17) is 0 Å². The second-order valence-electron chi connectivity index (χ2n) is 6.99. The first-order chi connectivity index (χ1) is 9.61. The fraction of sp³-hybridized carbons (Fsp3) is 0.688. The number of aromatic nitrogens is 2. The molecular weight excluding hydrogens is 252 g/mol. The molecule has 1 N–H and O–H groups in total. The van der Waals surface area contributed by atoms with Gasteiger partial charge in [-0.1, -0.05) is 0 Å². The first kappa shape index (κ1) is 12.3. The van der Waals surface area contributed by atoms with Crippen LogP contribution in [0.4, 0.5) is 0 Å². The topological polar surface area (TPSA) is 63.1 Å². The molecule has 4 aliphatic rings. The van der Waals surface area contributed by atoms with Gasteiger partial charge in [-0.05, 0) is 62.7 Å². The molecule has 1 heterocycles. The summed E-state index contributed by atoms with van der Waals surface area (Å²) < 4.78 is 0. The summed E-state index contributed by atoms with van der Waals surface area (Å²) in [6.07, 6.45) is 8.52. The van der Waals surface area contributed by atoms with Gasteiger partial charge >= 0.3 is 5.97 Å². The lowest BCUT2D eigenvalue weighted by molar-refractivity contribution is -0.00439. The lowest BCUT2D eigenvalue weighted by atomic mass is 9.51. The van der Waals surface area contributed by atoms with Crippen molar-refractivity contribution in [1.29, 1.82) is 0 Å². The molecule has 106 valence electrons. The van der Waals surface area contributed by atoms with Crippen molar-refractivity contribution in [2.45, 2.75) is 44.9 Å². The summed E-state index contributed by atoms with van der Waals surface area (Å²) in [5.41, 5.74) is 1.59. The molecule has 0 aromatic carbocycles. The smallest absolute Gasteiger partial charge is 0.356 e. The zero-order chi connectivity index (χ0) is 13.9. The number of hydrogen-bond donors (Lipinski definition) is 1. The largest absolute Gasteiger partial charge is 0.476 e. The van der Waals surface area contributed by atoms with Crippen LogP contribution in [0.5, 0.6) is 0 Å². The van der Waals surface area contributed by atoms with E-state index in [0.717, 1.165) is 17.5 Å². The molecule has 4 bridgehead atoms. The summed E-state index contributed by atoms with van der Waals surface area (Å²) in [5.74, 6) is 2.77. The molecule has 0 atom stereocenters. The predicted molar refractivity (Wildman–Crippen MR) is 73.5 cm³/mol. The standard InChI is InChI=1S/C16H20N2O2/c1-8-15(16(19)20)18-13(7-17-8)14-11-3-9-2-10(5-11)6-12(14)4-9/h7,9-12,14H,2-6H2,1H3,(H,19,20). The van der Waals surface area contributed by atoms with Gasteiger partial charge in [-0.15, -0.1) is 0 Å². The van der Waals surface area contributed by atoms with Gasteiger partial charge in [-0.25, -0.2) is 9.78 Å². The third kappa shape index (κ3) is 1.77. The summed E-state index contributed by atoms with van der Waals surface area (Å²) in [4.78, 5) is 20.0. The monoisotopic (exact) mass is 272 g/mol. The van der Waals surface area contributed by atoms with E-state index in [1.807, 2.05) is 6.20 Å². The van der Waals surface area contributed by atoms with Gasteiger partial charge in [0.1, 0.15) is 0 Å². The Morgan fingerprint density at radius 2 is 1.75 bits per heavy atom. The van der Waals surface area contributed by atoms with Gasteiger partial charge in [0.25, 0.3) is 0 Å². The molecule has 0 spiro atoms. The van der Waals surface area contributed by atoms with Crippen LogP contribution in [0.25, 0.3) is 0 Å². The van der Waals surface area contributed by atoms with Crippen LogP contribution in [0.2, 0.25) is 0 Å². The molecule has 4 heteroatoms. The number of aromatic carboxylic acids is 1. The summed E-state index contributed by atoms with van der Waals surface area (Å²) in [5, 5.41) is 9.24. The summed E-state index contributed by atoms with van der Waals surface area (Å²) in [6.45, 7) is 1.72. The molecule has 5 rings (SSSR count). The minimum Gasteiger partial charge on any atom is -0.476 e. The first-order valence-electron chi connectivity index (χ1n) is 7.68. The number of carboxylic acid groups (broad SMARTS) is 1. The third-order valence-corrected chi connectivity index (χ3v) is 5.74. The maximum absolute atomic E-state index is 11.3. The number of hydrogen-bond acceptors (Lipinski definition) is 3. The predicted octanol–water partition coefficient (Wildman–Crippen LogP) is 3.02. The molecule has 4 fully saturated rings. The molecule has 0 amide bonds. The molecule has 0 saturated heterocycles. The molecule has 0 radical (unpaired) electrons. The number of carbonyl (C=O) groups is 1. The van der Waals surface area contributed by atoms with E-state index in [2.05, 4.69) is 9.97 Å². The van der Waals surface area contributed by atoms with Crippen molar-refractivity contribution in [3.8, 4) is 0 Å². The summed E-state index contributed by atoms with van der Waals surface area (Å²) in [6, 6.07) is 0. The number of rotatable bonds is 2. The van der Waals surface area contributed by atoms with Crippen molar-refractivity contribution >= 4 is 5.97 Å². The molecule has 4 saturated carbocycles. The highest BCUT2D eigenvalue weighted by Crippen LogP contribution is 2.59. The maximum Gasteiger partial charge on any atom is 0.356 e. The molecular formula is C16H20N2O2. The second kappa shape index (κ2) is 4.27. The molecule has 1 aromatic heterocycles. The van der Waals surface area contributed by atoms with E-state index in [-0.39, 0.29) is 5.69 Å². The van der Waals surface area contributed by atoms with Crippen LogP contribution in [0, 0.1) is 30.6 Å². The van der Waals surface area contributed by atoms with Crippen molar-refractivity contribution in [2.24, 2.45) is 23.7 Å². The van der Waals surface area contributed by atoms with E-state index in [1.54, 1.807) is 6.92 Å². The van der Waals surface area contributed by atoms with Gasteiger partial charge in [0.05, 0.1) is 11.4 Å². The zero-order valence-electron chi connectivity index (χ0n) is 11.7. The fourth-order valence-corrected chi connectivity index (χ4v) is 5.23. The van der Waals surface area contributed by atoms with Gasteiger partial charge in [-0.2, -0.15) is 0 Å². The Balaban J connectivity index is 1.71. The van der Waals surface area contributed by atoms with Crippen molar-refractivity contribution < 1.29 is 9.90 Å². The van der Waals surface area contributed by atoms with Crippen LogP contribution >= 0.6 is 0 Å². The molecule has 20 heavy (non-hydrogen) atoms. The quantitative estimate of drug-likeness (QED) is 0.898. The van der Waals surface area contributed by atoms with Crippen molar-refractivity contribution in [2.75, 3.05) is 0 Å². The van der Waals surface area contributed by atoms with Crippen LogP contribution in [0.15, 0.2) is 6.20 Å². The normalized spacial score (nSPS) is 38.1. The highest BCUT2D eigenvalue weighted by Gasteiger charge is 2.49. The Morgan fingerprint density at radius 1 is 1.15 bits per heavy atom. The average molecular weight is 272 g/mol. The van der Waals surface area contributed by atoms with Gasteiger partial charge in [0.2, 0.25) is 0 Å². The lowest BCUT2D eigenvalue weighted by Crippen LogP contribution is -2.44. The average Bonchev–Trinajstić information content (AvgIpc) is 2.38. The Bertz CT molecular complexity index is 542. The lowest BCUT2D eigenvalue weighted by Gasteiger charge is -2.54. The SMILES string of the molecule is Cc1ncc(C2C3CC4CC(C3)CC2C4)nc1C(=O)O. The van der Waals surface area contributed by atoms with Crippen molar-refractivity contribution in [3.05, 3.63) is 23.3 Å². The molecule has 1 aromatic rings. The maximum atomic E-state index is 11.3. The van der Waals surface area contributed by atoms with E-state index >= 15 is 0 Å². The second-order valence-corrected chi connectivity index (χ2v) is 6.99. The molecule has 4 nitrogen and oxygen atoms in total. The molecule has 0 unspecified atom stereocenters. The number of aryl methyl sites for hydroxylation is 1. The van der Waals surface area contributed by atoms with Crippen molar-refractivity contribution in [1.82, 2.24) is 9.97 Å². The third-order valence-electron chi connectivity index (χ3n) is 5.74. The Labute approximate surface area is 118 Å². The number of carboxylic acids is 1. The van der Waals surface area contributed by atoms with Crippen molar-refractivity contribution in [3.63, 3.8) is 0 Å². The minimum absolute atomic E-state index is 0.135.